The number of rotatable bonds is 1. The lowest BCUT2D eigenvalue weighted by Crippen LogP contribution is -1.80. The Bertz CT molecular complexity index is 445. The molecule has 3 heteroatoms. The molecule has 0 radical (unpaired) electrons. The van der Waals surface area contributed by atoms with Gasteiger partial charge in [-0.1, -0.05) is 0 Å². The first-order valence-electron chi connectivity index (χ1n) is 4.22. The number of hydrogen-bond acceptors (Lipinski definition) is 2. The van der Waals surface area contributed by atoms with Crippen molar-refractivity contribution >= 4 is 22.8 Å². The topological polar surface area (TPSA) is 28.7 Å². The zero-order chi connectivity index (χ0) is 9.42. The van der Waals surface area contributed by atoms with Gasteiger partial charge in [0, 0.05) is 21.7 Å². The molecule has 0 fully saturated rings. The van der Waals surface area contributed by atoms with Crippen molar-refractivity contribution in [2.24, 2.45) is 0 Å². The second-order valence-electron chi connectivity index (χ2n) is 3.13. The SMILES string of the molecule is CSc1c(C)[nH]c2nc(C)ccc12. The number of nitrogens with zero attached hydrogens (tertiary/aromatic N) is 1. The first-order valence-corrected chi connectivity index (χ1v) is 5.45. The van der Waals surface area contributed by atoms with Gasteiger partial charge < -0.3 is 4.98 Å². The minimum Gasteiger partial charge on any atom is -0.342 e. The lowest BCUT2D eigenvalue weighted by atomic mass is 10.3. The molecule has 2 aromatic heterocycles. The highest BCUT2D eigenvalue weighted by Crippen LogP contribution is 2.28. The molecule has 0 saturated carbocycles. The summed E-state index contributed by atoms with van der Waals surface area (Å²) in [6.45, 7) is 4.09. The Morgan fingerprint density at radius 1 is 1.31 bits per heavy atom. The molecular weight excluding hydrogens is 180 g/mol. The Morgan fingerprint density at radius 2 is 2.08 bits per heavy atom. The lowest BCUT2D eigenvalue weighted by Gasteiger charge is -1.94. The number of thioether (sulfide) groups is 1. The number of aromatic amines is 1. The van der Waals surface area contributed by atoms with E-state index in [2.05, 4.69) is 35.3 Å². The number of fused-ring (bicyclic) bond motifs is 1. The van der Waals surface area contributed by atoms with Gasteiger partial charge >= 0.3 is 0 Å². The van der Waals surface area contributed by atoms with E-state index in [1.165, 1.54) is 16.0 Å². The molecule has 0 amide bonds. The van der Waals surface area contributed by atoms with Crippen LogP contribution in [0.2, 0.25) is 0 Å². The van der Waals surface area contributed by atoms with Crippen molar-refractivity contribution in [3.05, 3.63) is 23.5 Å². The number of pyridine rings is 1. The summed E-state index contributed by atoms with van der Waals surface area (Å²) in [5.74, 6) is 0. The van der Waals surface area contributed by atoms with Crippen LogP contribution in [-0.2, 0) is 0 Å². The number of hydrogen-bond donors (Lipinski definition) is 1. The van der Waals surface area contributed by atoms with Crippen LogP contribution in [0.5, 0.6) is 0 Å². The molecular formula is C10H12N2S. The van der Waals surface area contributed by atoms with Crippen molar-refractivity contribution in [2.45, 2.75) is 18.7 Å². The highest BCUT2D eigenvalue weighted by Gasteiger charge is 2.07. The maximum absolute atomic E-state index is 4.44. The summed E-state index contributed by atoms with van der Waals surface area (Å²) >= 11 is 1.77. The Balaban J connectivity index is 2.79. The van der Waals surface area contributed by atoms with Crippen molar-refractivity contribution in [1.82, 2.24) is 9.97 Å². The van der Waals surface area contributed by atoms with Crippen LogP contribution in [0.15, 0.2) is 17.0 Å². The lowest BCUT2D eigenvalue weighted by molar-refractivity contribution is 1.18. The van der Waals surface area contributed by atoms with Gasteiger partial charge in [-0.05, 0) is 32.2 Å². The Labute approximate surface area is 81.8 Å². The van der Waals surface area contributed by atoms with Crippen LogP contribution < -0.4 is 0 Å². The number of aryl methyl sites for hydroxylation is 2. The predicted octanol–water partition coefficient (Wildman–Crippen LogP) is 2.90. The molecule has 2 nitrogen and oxygen atoms in total. The van der Waals surface area contributed by atoms with Gasteiger partial charge in [0.2, 0.25) is 0 Å². The van der Waals surface area contributed by atoms with E-state index in [0.717, 1.165) is 11.3 Å². The molecule has 2 aromatic rings. The summed E-state index contributed by atoms with van der Waals surface area (Å²) in [7, 11) is 0. The van der Waals surface area contributed by atoms with Crippen LogP contribution in [0.3, 0.4) is 0 Å². The van der Waals surface area contributed by atoms with E-state index in [1.807, 2.05) is 6.92 Å². The van der Waals surface area contributed by atoms with Gasteiger partial charge in [-0.25, -0.2) is 4.98 Å². The van der Waals surface area contributed by atoms with E-state index < -0.39 is 0 Å². The van der Waals surface area contributed by atoms with E-state index in [9.17, 15) is 0 Å². The molecule has 0 aromatic carbocycles. The van der Waals surface area contributed by atoms with E-state index in [1.54, 1.807) is 11.8 Å². The van der Waals surface area contributed by atoms with E-state index in [0.29, 0.717) is 0 Å². The number of aromatic nitrogens is 2. The monoisotopic (exact) mass is 192 g/mol. The first-order chi connectivity index (χ1) is 6.22. The smallest absolute Gasteiger partial charge is 0.138 e. The van der Waals surface area contributed by atoms with Gasteiger partial charge in [-0.3, -0.25) is 0 Å². The highest BCUT2D eigenvalue weighted by molar-refractivity contribution is 7.98. The third-order valence-corrected chi connectivity index (χ3v) is 3.06. The molecule has 2 rings (SSSR count). The van der Waals surface area contributed by atoms with Crippen molar-refractivity contribution < 1.29 is 0 Å². The van der Waals surface area contributed by atoms with Crippen molar-refractivity contribution in [3.8, 4) is 0 Å². The molecule has 1 N–H and O–H groups in total. The van der Waals surface area contributed by atoms with Crippen molar-refractivity contribution in [2.75, 3.05) is 6.26 Å². The normalized spacial score (nSPS) is 11.0. The van der Waals surface area contributed by atoms with E-state index in [4.69, 9.17) is 0 Å². The second-order valence-corrected chi connectivity index (χ2v) is 3.95. The molecule has 2 heterocycles. The minimum absolute atomic E-state index is 1.00. The zero-order valence-corrected chi connectivity index (χ0v) is 8.83. The third kappa shape index (κ3) is 1.33. The third-order valence-electron chi connectivity index (χ3n) is 2.13. The summed E-state index contributed by atoms with van der Waals surface area (Å²) in [5.41, 5.74) is 3.27. The standard InChI is InChI=1S/C10H12N2S/c1-6-4-5-8-9(13-3)7(2)12-10(8)11-6/h4-5H,1-3H3,(H,11,12). The fourth-order valence-electron chi connectivity index (χ4n) is 1.53. The fraction of sp³-hybridized carbons (Fsp3) is 0.300. The minimum atomic E-state index is 1.00. The molecule has 0 aliphatic rings. The summed E-state index contributed by atoms with van der Waals surface area (Å²) in [4.78, 5) is 9.03. The summed E-state index contributed by atoms with van der Waals surface area (Å²) < 4.78 is 0. The van der Waals surface area contributed by atoms with Crippen LogP contribution in [0.1, 0.15) is 11.4 Å². The average Bonchev–Trinajstić information content (AvgIpc) is 2.39. The van der Waals surface area contributed by atoms with Crippen molar-refractivity contribution in [3.63, 3.8) is 0 Å². The van der Waals surface area contributed by atoms with Crippen LogP contribution in [-0.4, -0.2) is 16.2 Å². The summed E-state index contributed by atoms with van der Waals surface area (Å²) in [5, 5.41) is 1.23. The Kier molecular flexibility index (Phi) is 2.04. The number of nitrogens with one attached hydrogen (secondary N) is 1. The highest BCUT2D eigenvalue weighted by atomic mass is 32.2. The van der Waals surface area contributed by atoms with E-state index >= 15 is 0 Å². The fourth-order valence-corrected chi connectivity index (χ4v) is 2.28. The predicted molar refractivity (Wildman–Crippen MR) is 57.3 cm³/mol. The summed E-state index contributed by atoms with van der Waals surface area (Å²) in [6.07, 6.45) is 2.09. The van der Waals surface area contributed by atoms with Crippen LogP contribution in [0.25, 0.3) is 11.0 Å². The van der Waals surface area contributed by atoms with Gasteiger partial charge in [0.25, 0.3) is 0 Å². The molecule has 0 saturated heterocycles. The molecule has 0 atom stereocenters. The second kappa shape index (κ2) is 3.07. The quantitative estimate of drug-likeness (QED) is 0.704. The Morgan fingerprint density at radius 3 is 2.77 bits per heavy atom. The van der Waals surface area contributed by atoms with Crippen LogP contribution in [0.4, 0.5) is 0 Å². The summed E-state index contributed by atoms with van der Waals surface area (Å²) in [6, 6.07) is 4.18. The van der Waals surface area contributed by atoms with E-state index in [-0.39, 0.29) is 0 Å². The largest absolute Gasteiger partial charge is 0.342 e. The zero-order valence-electron chi connectivity index (χ0n) is 8.01. The Hall–Kier alpha value is -0.960. The molecule has 0 aliphatic carbocycles. The first kappa shape index (κ1) is 8.63. The van der Waals surface area contributed by atoms with Crippen LogP contribution in [0, 0.1) is 13.8 Å². The molecule has 0 unspecified atom stereocenters. The maximum atomic E-state index is 4.44. The van der Waals surface area contributed by atoms with Gasteiger partial charge in [0.05, 0.1) is 0 Å². The number of H-pyrrole nitrogens is 1. The molecule has 68 valence electrons. The average molecular weight is 192 g/mol. The molecule has 0 spiro atoms. The van der Waals surface area contributed by atoms with Gasteiger partial charge in [0.15, 0.2) is 0 Å². The van der Waals surface area contributed by atoms with Gasteiger partial charge in [0.1, 0.15) is 5.65 Å². The van der Waals surface area contributed by atoms with Gasteiger partial charge in [-0.15, -0.1) is 11.8 Å². The molecule has 0 bridgehead atoms. The molecule has 13 heavy (non-hydrogen) atoms. The molecule has 0 aliphatic heterocycles. The van der Waals surface area contributed by atoms with Crippen LogP contribution >= 0.6 is 11.8 Å². The van der Waals surface area contributed by atoms with Crippen molar-refractivity contribution in [1.29, 1.82) is 0 Å². The van der Waals surface area contributed by atoms with Gasteiger partial charge in [-0.2, -0.15) is 0 Å². The maximum Gasteiger partial charge on any atom is 0.138 e.